The number of nitrogens with two attached hydrogens (primary N) is 1. The Morgan fingerprint density at radius 2 is 2.13 bits per heavy atom. The second-order valence-electron chi connectivity index (χ2n) is 3.67. The Balaban J connectivity index is 3.34. The van der Waals surface area contributed by atoms with Crippen LogP contribution in [0.5, 0.6) is 5.75 Å². The maximum Gasteiger partial charge on any atom is 0.180 e. The molecule has 0 radical (unpaired) electrons. The first-order valence-electron chi connectivity index (χ1n) is 4.73. The standard InChI is InChI=1S/C11H14ClNO2/c1-6(2)8-3-7(12)4-9(11(8)15)10(14)5-13/h3-4,6,15H,5,13H2,1-2H3. The number of rotatable bonds is 3. The van der Waals surface area contributed by atoms with Crippen LogP contribution in [0.2, 0.25) is 5.02 Å². The smallest absolute Gasteiger partial charge is 0.180 e. The second-order valence-corrected chi connectivity index (χ2v) is 4.11. The minimum atomic E-state index is -0.308. The fourth-order valence-corrected chi connectivity index (χ4v) is 1.61. The fraction of sp³-hybridized carbons (Fsp3) is 0.364. The molecule has 3 nitrogen and oxygen atoms in total. The van der Waals surface area contributed by atoms with E-state index >= 15 is 0 Å². The number of halogens is 1. The van der Waals surface area contributed by atoms with E-state index in [1.165, 1.54) is 6.07 Å². The van der Waals surface area contributed by atoms with E-state index < -0.39 is 0 Å². The lowest BCUT2D eigenvalue weighted by Gasteiger charge is -2.12. The van der Waals surface area contributed by atoms with E-state index in [2.05, 4.69) is 0 Å². The van der Waals surface area contributed by atoms with Crippen LogP contribution in [0.1, 0.15) is 35.7 Å². The van der Waals surface area contributed by atoms with E-state index in [4.69, 9.17) is 17.3 Å². The van der Waals surface area contributed by atoms with Crippen molar-refractivity contribution in [2.75, 3.05) is 6.54 Å². The van der Waals surface area contributed by atoms with Gasteiger partial charge in [-0.15, -0.1) is 0 Å². The van der Waals surface area contributed by atoms with E-state index in [0.29, 0.717) is 10.6 Å². The molecule has 1 rings (SSSR count). The summed E-state index contributed by atoms with van der Waals surface area (Å²) in [5.74, 6) is -0.213. The van der Waals surface area contributed by atoms with Crippen LogP contribution < -0.4 is 5.73 Å². The monoisotopic (exact) mass is 227 g/mol. The summed E-state index contributed by atoms with van der Waals surface area (Å²) in [6, 6.07) is 3.10. The Bertz CT molecular complexity index is 388. The molecule has 0 unspecified atom stereocenters. The number of Topliss-reactive ketones (excluding diaryl/α,β-unsaturated/α-hetero) is 1. The van der Waals surface area contributed by atoms with Gasteiger partial charge in [-0.3, -0.25) is 4.79 Å². The molecule has 0 atom stereocenters. The molecule has 0 spiro atoms. The number of phenolic OH excluding ortho intramolecular Hbond substituents is 1. The molecule has 0 aliphatic heterocycles. The summed E-state index contributed by atoms with van der Waals surface area (Å²) in [6.07, 6.45) is 0. The highest BCUT2D eigenvalue weighted by atomic mass is 35.5. The molecule has 0 saturated carbocycles. The fourth-order valence-electron chi connectivity index (χ4n) is 1.38. The van der Waals surface area contributed by atoms with Gasteiger partial charge in [0.15, 0.2) is 5.78 Å². The first-order chi connectivity index (χ1) is 6.97. The Labute approximate surface area is 93.9 Å². The van der Waals surface area contributed by atoms with Crippen LogP contribution in [0.15, 0.2) is 12.1 Å². The number of hydrogen-bond donors (Lipinski definition) is 2. The van der Waals surface area contributed by atoms with Crippen molar-refractivity contribution in [3.8, 4) is 5.75 Å². The molecule has 0 aromatic heterocycles. The number of ketones is 1. The molecule has 3 N–H and O–H groups in total. The molecular formula is C11H14ClNO2. The summed E-state index contributed by atoms with van der Waals surface area (Å²) in [5.41, 5.74) is 6.11. The van der Waals surface area contributed by atoms with Gasteiger partial charge in [0.05, 0.1) is 12.1 Å². The van der Waals surface area contributed by atoms with Crippen LogP contribution in [-0.2, 0) is 0 Å². The predicted octanol–water partition coefficient (Wildman–Crippen LogP) is 2.31. The van der Waals surface area contributed by atoms with Crippen molar-refractivity contribution in [3.63, 3.8) is 0 Å². The van der Waals surface area contributed by atoms with Crippen LogP contribution >= 0.6 is 11.6 Å². The molecule has 1 aromatic carbocycles. The Morgan fingerprint density at radius 3 is 2.60 bits per heavy atom. The highest BCUT2D eigenvalue weighted by molar-refractivity contribution is 6.31. The lowest BCUT2D eigenvalue weighted by molar-refractivity contribution is 0.0998. The third kappa shape index (κ3) is 2.49. The molecule has 0 amide bonds. The van der Waals surface area contributed by atoms with Gasteiger partial charge >= 0.3 is 0 Å². The lowest BCUT2D eigenvalue weighted by atomic mass is 9.97. The normalized spacial score (nSPS) is 10.7. The van der Waals surface area contributed by atoms with Crippen LogP contribution in [0.4, 0.5) is 0 Å². The van der Waals surface area contributed by atoms with Gasteiger partial charge in [-0.25, -0.2) is 0 Å². The van der Waals surface area contributed by atoms with E-state index in [1.807, 2.05) is 13.8 Å². The lowest BCUT2D eigenvalue weighted by Crippen LogP contribution is -2.14. The topological polar surface area (TPSA) is 63.3 Å². The zero-order valence-corrected chi connectivity index (χ0v) is 9.51. The largest absolute Gasteiger partial charge is 0.507 e. The Kier molecular flexibility index (Phi) is 3.72. The number of hydrogen-bond acceptors (Lipinski definition) is 3. The molecule has 0 bridgehead atoms. The molecule has 0 aliphatic carbocycles. The average Bonchev–Trinajstić information content (AvgIpc) is 2.19. The molecule has 0 aliphatic rings. The Morgan fingerprint density at radius 1 is 1.53 bits per heavy atom. The van der Waals surface area contributed by atoms with Crippen LogP contribution in [0.3, 0.4) is 0 Å². The van der Waals surface area contributed by atoms with Gasteiger partial charge in [-0.1, -0.05) is 25.4 Å². The number of aromatic hydroxyl groups is 1. The van der Waals surface area contributed by atoms with Gasteiger partial charge in [0.1, 0.15) is 5.75 Å². The summed E-state index contributed by atoms with van der Waals surface area (Å²) >= 11 is 5.86. The highest BCUT2D eigenvalue weighted by Crippen LogP contribution is 2.32. The number of carbonyl (C=O) groups excluding carboxylic acids is 1. The van der Waals surface area contributed by atoms with Crippen molar-refractivity contribution < 1.29 is 9.90 Å². The van der Waals surface area contributed by atoms with E-state index in [1.54, 1.807) is 6.07 Å². The first-order valence-corrected chi connectivity index (χ1v) is 5.10. The van der Waals surface area contributed by atoms with Crippen LogP contribution in [0, 0.1) is 0 Å². The van der Waals surface area contributed by atoms with Crippen molar-refractivity contribution in [2.24, 2.45) is 5.73 Å². The Hall–Kier alpha value is -1.06. The number of benzene rings is 1. The molecule has 0 fully saturated rings. The van der Waals surface area contributed by atoms with Crippen LogP contribution in [-0.4, -0.2) is 17.4 Å². The maximum atomic E-state index is 11.4. The number of carbonyl (C=O) groups is 1. The van der Waals surface area contributed by atoms with E-state index in [-0.39, 0.29) is 29.6 Å². The van der Waals surface area contributed by atoms with Crippen molar-refractivity contribution >= 4 is 17.4 Å². The van der Waals surface area contributed by atoms with Gasteiger partial charge in [0.2, 0.25) is 0 Å². The van der Waals surface area contributed by atoms with Gasteiger partial charge in [-0.2, -0.15) is 0 Å². The van der Waals surface area contributed by atoms with Crippen molar-refractivity contribution in [2.45, 2.75) is 19.8 Å². The highest BCUT2D eigenvalue weighted by Gasteiger charge is 2.16. The quantitative estimate of drug-likeness (QED) is 0.779. The zero-order chi connectivity index (χ0) is 11.6. The molecule has 4 heteroatoms. The molecular weight excluding hydrogens is 214 g/mol. The van der Waals surface area contributed by atoms with Crippen LogP contribution in [0.25, 0.3) is 0 Å². The summed E-state index contributed by atoms with van der Waals surface area (Å²) in [5, 5.41) is 10.3. The van der Waals surface area contributed by atoms with Gasteiger partial charge in [-0.05, 0) is 23.6 Å². The van der Waals surface area contributed by atoms with E-state index in [0.717, 1.165) is 0 Å². The third-order valence-corrected chi connectivity index (χ3v) is 2.43. The van der Waals surface area contributed by atoms with E-state index in [9.17, 15) is 9.90 Å². The minimum absolute atomic E-state index is 0.00940. The molecule has 1 aromatic rings. The summed E-state index contributed by atoms with van der Waals surface area (Å²) in [4.78, 5) is 11.4. The second kappa shape index (κ2) is 4.64. The molecule has 0 saturated heterocycles. The minimum Gasteiger partial charge on any atom is -0.507 e. The molecule has 0 heterocycles. The first kappa shape index (κ1) is 12.0. The summed E-state index contributed by atoms with van der Waals surface area (Å²) < 4.78 is 0. The third-order valence-electron chi connectivity index (χ3n) is 2.21. The predicted molar refractivity (Wildman–Crippen MR) is 60.6 cm³/mol. The van der Waals surface area contributed by atoms with Crippen molar-refractivity contribution in [1.82, 2.24) is 0 Å². The maximum absolute atomic E-state index is 11.4. The molecule has 82 valence electrons. The average molecular weight is 228 g/mol. The SMILES string of the molecule is CC(C)c1cc(Cl)cc(C(=O)CN)c1O. The zero-order valence-electron chi connectivity index (χ0n) is 8.75. The van der Waals surface area contributed by atoms with Gasteiger partial charge in [0, 0.05) is 5.02 Å². The van der Waals surface area contributed by atoms with Crippen molar-refractivity contribution in [3.05, 3.63) is 28.3 Å². The molecule has 15 heavy (non-hydrogen) atoms. The van der Waals surface area contributed by atoms with Gasteiger partial charge < -0.3 is 10.8 Å². The number of phenols is 1. The summed E-state index contributed by atoms with van der Waals surface area (Å²) in [6.45, 7) is 3.70. The summed E-state index contributed by atoms with van der Waals surface area (Å²) in [7, 11) is 0. The van der Waals surface area contributed by atoms with Crippen molar-refractivity contribution in [1.29, 1.82) is 0 Å². The van der Waals surface area contributed by atoms with Gasteiger partial charge in [0.25, 0.3) is 0 Å².